The highest BCUT2D eigenvalue weighted by molar-refractivity contribution is 5.44. The predicted octanol–water partition coefficient (Wildman–Crippen LogP) is 3.75. The van der Waals surface area contributed by atoms with Crippen LogP contribution in [0.4, 0.5) is 0 Å². The molecule has 23 heavy (non-hydrogen) atoms. The number of nitrogens with two attached hydrogens (primary N) is 1. The van der Waals surface area contributed by atoms with E-state index >= 15 is 0 Å². The average molecular weight is 320 g/mol. The molecule has 4 nitrogen and oxygen atoms in total. The Labute approximate surface area is 140 Å². The molecule has 1 aliphatic heterocycles. The fraction of sp³-hybridized carbons (Fsp3) is 0.684. The second kappa shape index (κ2) is 9.78. The second-order valence-corrected chi connectivity index (χ2v) is 6.24. The van der Waals surface area contributed by atoms with Crippen molar-refractivity contribution in [1.82, 2.24) is 4.90 Å². The quantitative estimate of drug-likeness (QED) is 0.713. The summed E-state index contributed by atoms with van der Waals surface area (Å²) in [4.78, 5) is 2.55. The van der Waals surface area contributed by atoms with Gasteiger partial charge < -0.3 is 15.2 Å². The molecule has 0 spiro atoms. The van der Waals surface area contributed by atoms with E-state index < -0.39 is 0 Å². The van der Waals surface area contributed by atoms with Crippen LogP contribution in [0.1, 0.15) is 57.6 Å². The fourth-order valence-electron chi connectivity index (χ4n) is 3.16. The van der Waals surface area contributed by atoms with Gasteiger partial charge in [0.15, 0.2) is 11.5 Å². The van der Waals surface area contributed by atoms with Crippen molar-refractivity contribution in [3.8, 4) is 11.5 Å². The van der Waals surface area contributed by atoms with Gasteiger partial charge in [0.2, 0.25) is 0 Å². The number of likely N-dealkylation sites (tertiary alicyclic amines) is 1. The maximum absolute atomic E-state index is 5.94. The standard InChI is InChI=1S/C19H32N2O2/c1-3-13-22-18-8-7-16(15-19(18)23-14-4-2)17(9-10-20)21-11-5-6-12-21/h7-8,15,17H,3-6,9-14,20H2,1-2H3. The number of rotatable bonds is 10. The van der Waals surface area contributed by atoms with Crippen molar-refractivity contribution < 1.29 is 9.47 Å². The monoisotopic (exact) mass is 320 g/mol. The van der Waals surface area contributed by atoms with Crippen LogP contribution in [0.2, 0.25) is 0 Å². The van der Waals surface area contributed by atoms with Crippen molar-refractivity contribution in [2.45, 2.75) is 52.0 Å². The Kier molecular flexibility index (Phi) is 7.69. The van der Waals surface area contributed by atoms with E-state index in [2.05, 4.69) is 36.9 Å². The molecular formula is C19H32N2O2. The highest BCUT2D eigenvalue weighted by Crippen LogP contribution is 2.35. The van der Waals surface area contributed by atoms with Crippen molar-refractivity contribution in [2.24, 2.45) is 5.73 Å². The molecule has 2 N–H and O–H groups in total. The van der Waals surface area contributed by atoms with Crippen LogP contribution in [-0.2, 0) is 0 Å². The van der Waals surface area contributed by atoms with E-state index in [4.69, 9.17) is 15.2 Å². The smallest absolute Gasteiger partial charge is 0.161 e. The zero-order valence-corrected chi connectivity index (χ0v) is 14.7. The zero-order valence-electron chi connectivity index (χ0n) is 14.7. The summed E-state index contributed by atoms with van der Waals surface area (Å²) < 4.78 is 11.8. The molecule has 4 heteroatoms. The summed E-state index contributed by atoms with van der Waals surface area (Å²) >= 11 is 0. The molecule has 0 saturated carbocycles. The average Bonchev–Trinajstić information content (AvgIpc) is 3.10. The molecule has 1 aliphatic rings. The molecule has 130 valence electrons. The van der Waals surface area contributed by atoms with Crippen LogP contribution < -0.4 is 15.2 Å². The third-order valence-corrected chi connectivity index (χ3v) is 4.30. The normalized spacial score (nSPS) is 16.5. The van der Waals surface area contributed by atoms with Crippen molar-refractivity contribution >= 4 is 0 Å². The Balaban J connectivity index is 2.21. The first-order chi connectivity index (χ1) is 11.3. The Hall–Kier alpha value is -1.26. The number of hydrogen-bond donors (Lipinski definition) is 1. The molecule has 1 aromatic carbocycles. The zero-order chi connectivity index (χ0) is 16.5. The van der Waals surface area contributed by atoms with Gasteiger partial charge in [0.25, 0.3) is 0 Å². The van der Waals surface area contributed by atoms with Crippen molar-refractivity contribution in [2.75, 3.05) is 32.8 Å². The summed E-state index contributed by atoms with van der Waals surface area (Å²) in [5, 5.41) is 0. The largest absolute Gasteiger partial charge is 0.490 e. The van der Waals surface area contributed by atoms with Crippen LogP contribution in [-0.4, -0.2) is 37.7 Å². The number of hydrogen-bond acceptors (Lipinski definition) is 4. The minimum absolute atomic E-state index is 0.395. The third-order valence-electron chi connectivity index (χ3n) is 4.30. The molecule has 1 unspecified atom stereocenters. The molecule has 1 saturated heterocycles. The van der Waals surface area contributed by atoms with Crippen LogP contribution >= 0.6 is 0 Å². The lowest BCUT2D eigenvalue weighted by Gasteiger charge is -2.28. The molecule has 1 heterocycles. The van der Waals surface area contributed by atoms with Gasteiger partial charge in [-0.05, 0) is 69.4 Å². The highest BCUT2D eigenvalue weighted by Gasteiger charge is 2.23. The van der Waals surface area contributed by atoms with Gasteiger partial charge in [-0.1, -0.05) is 19.9 Å². The SMILES string of the molecule is CCCOc1ccc(C(CCN)N2CCCC2)cc1OCCC. The van der Waals surface area contributed by atoms with Gasteiger partial charge in [0.1, 0.15) is 0 Å². The van der Waals surface area contributed by atoms with Crippen molar-refractivity contribution in [3.63, 3.8) is 0 Å². The van der Waals surface area contributed by atoms with E-state index in [9.17, 15) is 0 Å². The summed E-state index contributed by atoms with van der Waals surface area (Å²) in [5.41, 5.74) is 7.16. The van der Waals surface area contributed by atoms with E-state index in [0.29, 0.717) is 12.6 Å². The maximum Gasteiger partial charge on any atom is 0.161 e. The highest BCUT2D eigenvalue weighted by atomic mass is 16.5. The topological polar surface area (TPSA) is 47.7 Å². The minimum Gasteiger partial charge on any atom is -0.490 e. The lowest BCUT2D eigenvalue weighted by atomic mass is 10.0. The van der Waals surface area contributed by atoms with Gasteiger partial charge in [-0.2, -0.15) is 0 Å². The van der Waals surface area contributed by atoms with Crippen LogP contribution in [0.25, 0.3) is 0 Å². The van der Waals surface area contributed by atoms with E-state index in [-0.39, 0.29) is 0 Å². The van der Waals surface area contributed by atoms with E-state index in [1.54, 1.807) is 0 Å². The summed E-state index contributed by atoms with van der Waals surface area (Å²) in [6.45, 7) is 8.73. The first kappa shape index (κ1) is 18.1. The second-order valence-electron chi connectivity index (χ2n) is 6.24. The van der Waals surface area contributed by atoms with Crippen LogP contribution in [0, 0.1) is 0 Å². The Morgan fingerprint density at radius 2 is 1.70 bits per heavy atom. The van der Waals surface area contributed by atoms with E-state index in [0.717, 1.165) is 44.0 Å². The minimum atomic E-state index is 0.395. The Morgan fingerprint density at radius 3 is 2.30 bits per heavy atom. The molecular weight excluding hydrogens is 288 g/mol. The Morgan fingerprint density at radius 1 is 1.04 bits per heavy atom. The van der Waals surface area contributed by atoms with Crippen LogP contribution in [0.3, 0.4) is 0 Å². The van der Waals surface area contributed by atoms with Gasteiger partial charge in [-0.25, -0.2) is 0 Å². The number of benzene rings is 1. The summed E-state index contributed by atoms with van der Waals surface area (Å²) in [6.07, 6.45) is 5.56. The van der Waals surface area contributed by atoms with E-state index in [1.807, 2.05) is 0 Å². The predicted molar refractivity (Wildman–Crippen MR) is 95.2 cm³/mol. The molecule has 0 aromatic heterocycles. The van der Waals surface area contributed by atoms with Crippen molar-refractivity contribution in [1.29, 1.82) is 0 Å². The lowest BCUT2D eigenvalue weighted by Crippen LogP contribution is -2.27. The van der Waals surface area contributed by atoms with Gasteiger partial charge in [-0.3, -0.25) is 4.90 Å². The van der Waals surface area contributed by atoms with Gasteiger partial charge in [0, 0.05) is 6.04 Å². The molecule has 1 atom stereocenters. The summed E-state index contributed by atoms with van der Waals surface area (Å²) in [6, 6.07) is 6.81. The summed E-state index contributed by atoms with van der Waals surface area (Å²) in [7, 11) is 0. The van der Waals surface area contributed by atoms with Gasteiger partial charge in [0.05, 0.1) is 13.2 Å². The fourth-order valence-corrected chi connectivity index (χ4v) is 3.16. The molecule has 0 radical (unpaired) electrons. The molecule has 0 aliphatic carbocycles. The molecule has 0 bridgehead atoms. The van der Waals surface area contributed by atoms with Gasteiger partial charge >= 0.3 is 0 Å². The molecule has 2 rings (SSSR count). The van der Waals surface area contributed by atoms with Crippen LogP contribution in [0.5, 0.6) is 11.5 Å². The maximum atomic E-state index is 5.94. The number of nitrogens with zero attached hydrogens (tertiary/aromatic N) is 1. The first-order valence-corrected chi connectivity index (χ1v) is 9.13. The molecule has 1 aromatic rings. The molecule has 1 fully saturated rings. The van der Waals surface area contributed by atoms with Gasteiger partial charge in [-0.15, -0.1) is 0 Å². The first-order valence-electron chi connectivity index (χ1n) is 9.13. The third kappa shape index (κ3) is 5.11. The lowest BCUT2D eigenvalue weighted by molar-refractivity contribution is 0.233. The van der Waals surface area contributed by atoms with E-state index in [1.165, 1.54) is 31.5 Å². The van der Waals surface area contributed by atoms with Crippen LogP contribution in [0.15, 0.2) is 18.2 Å². The van der Waals surface area contributed by atoms with Crippen molar-refractivity contribution in [3.05, 3.63) is 23.8 Å². The Bertz CT molecular complexity index is 459. The summed E-state index contributed by atoms with van der Waals surface area (Å²) in [5.74, 6) is 1.73. The number of ether oxygens (including phenoxy) is 2. The molecule has 0 amide bonds.